The third kappa shape index (κ3) is 4.17. The molecule has 0 aromatic heterocycles. The normalized spacial score (nSPS) is 22.7. The van der Waals surface area contributed by atoms with Crippen LogP contribution in [0.3, 0.4) is 0 Å². The first-order valence-electron chi connectivity index (χ1n) is 9.73. The van der Waals surface area contributed by atoms with Crippen LogP contribution in [0.5, 0.6) is 0 Å². The fourth-order valence-electron chi connectivity index (χ4n) is 4.08. The molecule has 7 nitrogen and oxygen atoms in total. The van der Waals surface area contributed by atoms with Gasteiger partial charge in [0.05, 0.1) is 24.6 Å². The molecule has 2 saturated heterocycles. The lowest BCUT2D eigenvalue weighted by Crippen LogP contribution is -2.41. The average molecular weight is 428 g/mol. The molecule has 0 bridgehead atoms. The number of likely N-dealkylation sites (tertiary alicyclic amines) is 1. The van der Waals surface area contributed by atoms with Crippen molar-refractivity contribution in [2.45, 2.75) is 25.0 Å². The summed E-state index contributed by atoms with van der Waals surface area (Å²) in [5.74, 6) is -0.721. The predicted octanol–water partition coefficient (Wildman–Crippen LogP) is 2.45. The second-order valence-electron chi connectivity index (χ2n) is 7.57. The number of carbonyl (C=O) groups excluding carboxylic acids is 3. The molecule has 8 heteroatoms. The van der Waals surface area contributed by atoms with Gasteiger partial charge in [0, 0.05) is 29.8 Å². The molecule has 2 N–H and O–H groups in total. The highest BCUT2D eigenvalue weighted by Gasteiger charge is 2.48. The zero-order chi connectivity index (χ0) is 21.3. The van der Waals surface area contributed by atoms with Gasteiger partial charge in [-0.05, 0) is 42.3 Å². The zero-order valence-corrected chi connectivity index (χ0v) is 17.2. The fourth-order valence-corrected chi connectivity index (χ4v) is 4.27. The molecule has 0 aliphatic carbocycles. The maximum Gasteiger partial charge on any atom is 0.337 e. The molecule has 2 fully saturated rings. The van der Waals surface area contributed by atoms with Crippen molar-refractivity contribution in [1.82, 2.24) is 10.2 Å². The molecule has 3 atom stereocenters. The largest absolute Gasteiger partial charge is 0.465 e. The third-order valence-corrected chi connectivity index (χ3v) is 5.83. The number of halogens is 1. The molecular formula is C22H22ClN3O4. The van der Waals surface area contributed by atoms with Crippen molar-refractivity contribution in [2.24, 2.45) is 5.92 Å². The highest BCUT2D eigenvalue weighted by Crippen LogP contribution is 2.31. The van der Waals surface area contributed by atoms with Crippen LogP contribution in [0, 0.1) is 5.92 Å². The van der Waals surface area contributed by atoms with Gasteiger partial charge >= 0.3 is 5.97 Å². The van der Waals surface area contributed by atoms with Crippen molar-refractivity contribution in [3.63, 3.8) is 0 Å². The monoisotopic (exact) mass is 427 g/mol. The fraction of sp³-hybridized carbons (Fsp3) is 0.318. The summed E-state index contributed by atoms with van der Waals surface area (Å²) in [5.41, 5.74) is 2.04. The van der Waals surface area contributed by atoms with Crippen molar-refractivity contribution in [3.05, 3.63) is 64.7 Å². The Morgan fingerprint density at radius 1 is 1.23 bits per heavy atom. The third-order valence-electron chi connectivity index (χ3n) is 5.59. The molecule has 2 aliphatic heterocycles. The lowest BCUT2D eigenvalue weighted by molar-refractivity contribution is -0.131. The van der Waals surface area contributed by atoms with Crippen molar-refractivity contribution < 1.29 is 19.1 Å². The van der Waals surface area contributed by atoms with E-state index in [0.717, 1.165) is 5.56 Å². The van der Waals surface area contributed by atoms with Crippen LogP contribution in [0.4, 0.5) is 5.69 Å². The summed E-state index contributed by atoms with van der Waals surface area (Å²) in [6, 6.07) is 13.5. The van der Waals surface area contributed by atoms with Crippen LogP contribution in [-0.2, 0) is 20.9 Å². The van der Waals surface area contributed by atoms with Crippen LogP contribution in [0.25, 0.3) is 0 Å². The molecule has 0 radical (unpaired) electrons. The standard InChI is InChI=1S/C22H22ClN3O4/c1-30-22(29)14-7-5-13(6-8-14)11-26-12-19-17(21(26)28)10-18(25-19)20(27)24-16-4-2-3-15(23)9-16/h2-9,17-19,25H,10-12H2,1H3,(H,24,27)/t17-,18?,19-/m1/s1. The summed E-state index contributed by atoms with van der Waals surface area (Å²) in [4.78, 5) is 38.7. The molecule has 156 valence electrons. The molecule has 30 heavy (non-hydrogen) atoms. The van der Waals surface area contributed by atoms with Crippen LogP contribution < -0.4 is 10.6 Å². The lowest BCUT2D eigenvalue weighted by Gasteiger charge is -2.20. The van der Waals surface area contributed by atoms with E-state index in [1.807, 2.05) is 12.1 Å². The Morgan fingerprint density at radius 2 is 2.00 bits per heavy atom. The van der Waals surface area contributed by atoms with E-state index in [4.69, 9.17) is 16.3 Å². The van der Waals surface area contributed by atoms with Gasteiger partial charge in [0.25, 0.3) is 0 Å². The van der Waals surface area contributed by atoms with E-state index in [1.165, 1.54) is 7.11 Å². The number of nitrogens with one attached hydrogen (secondary N) is 2. The van der Waals surface area contributed by atoms with E-state index in [0.29, 0.717) is 35.8 Å². The number of nitrogens with zero attached hydrogens (tertiary/aromatic N) is 1. The maximum absolute atomic E-state index is 12.8. The first kappa shape index (κ1) is 20.4. The number of benzene rings is 2. The molecule has 0 saturated carbocycles. The van der Waals surface area contributed by atoms with Gasteiger partial charge in [0.2, 0.25) is 11.8 Å². The van der Waals surface area contributed by atoms with Crippen LogP contribution in [-0.4, -0.2) is 48.4 Å². The van der Waals surface area contributed by atoms with Gasteiger partial charge < -0.3 is 20.3 Å². The minimum absolute atomic E-state index is 0.0441. The lowest BCUT2D eigenvalue weighted by atomic mass is 10.0. The highest BCUT2D eigenvalue weighted by molar-refractivity contribution is 6.30. The summed E-state index contributed by atoms with van der Waals surface area (Å²) in [5, 5.41) is 6.70. The number of esters is 1. The molecule has 4 rings (SSSR count). The number of hydrogen-bond donors (Lipinski definition) is 2. The number of methoxy groups -OCH3 is 1. The number of fused-ring (bicyclic) bond motifs is 1. The van der Waals surface area contributed by atoms with E-state index in [-0.39, 0.29) is 29.7 Å². The summed E-state index contributed by atoms with van der Waals surface area (Å²) < 4.78 is 4.70. The number of anilines is 1. The van der Waals surface area contributed by atoms with Gasteiger partial charge in [-0.15, -0.1) is 0 Å². The molecular weight excluding hydrogens is 406 g/mol. The van der Waals surface area contributed by atoms with Crippen LogP contribution >= 0.6 is 11.6 Å². The number of amides is 2. The van der Waals surface area contributed by atoms with Gasteiger partial charge in [-0.25, -0.2) is 4.79 Å². The zero-order valence-electron chi connectivity index (χ0n) is 16.4. The number of carbonyl (C=O) groups is 3. The minimum Gasteiger partial charge on any atom is -0.465 e. The van der Waals surface area contributed by atoms with Gasteiger partial charge in [0.15, 0.2) is 0 Å². The van der Waals surface area contributed by atoms with Crippen LogP contribution in [0.2, 0.25) is 5.02 Å². The molecule has 2 aromatic carbocycles. The Bertz CT molecular complexity index is 979. The smallest absolute Gasteiger partial charge is 0.337 e. The van der Waals surface area contributed by atoms with Crippen molar-refractivity contribution in [3.8, 4) is 0 Å². The average Bonchev–Trinajstić information content (AvgIpc) is 3.28. The highest BCUT2D eigenvalue weighted by atomic mass is 35.5. The Kier molecular flexibility index (Phi) is 5.74. The summed E-state index contributed by atoms with van der Waals surface area (Å²) in [6.07, 6.45) is 0.466. The van der Waals surface area contributed by atoms with E-state index < -0.39 is 6.04 Å². The van der Waals surface area contributed by atoms with E-state index in [2.05, 4.69) is 10.6 Å². The second kappa shape index (κ2) is 8.45. The van der Waals surface area contributed by atoms with Gasteiger partial charge in [-0.1, -0.05) is 29.8 Å². The van der Waals surface area contributed by atoms with E-state index in [9.17, 15) is 14.4 Å². The second-order valence-corrected chi connectivity index (χ2v) is 8.01. The summed E-state index contributed by atoms with van der Waals surface area (Å²) >= 11 is 5.96. The molecule has 0 spiro atoms. The van der Waals surface area contributed by atoms with E-state index >= 15 is 0 Å². The minimum atomic E-state index is -0.413. The number of rotatable bonds is 5. The molecule has 1 unspecified atom stereocenters. The van der Waals surface area contributed by atoms with Gasteiger partial charge in [-0.2, -0.15) is 0 Å². The Morgan fingerprint density at radius 3 is 2.67 bits per heavy atom. The predicted molar refractivity (Wildman–Crippen MR) is 112 cm³/mol. The van der Waals surface area contributed by atoms with Crippen molar-refractivity contribution in [2.75, 3.05) is 19.0 Å². The van der Waals surface area contributed by atoms with Crippen molar-refractivity contribution >= 4 is 35.1 Å². The Balaban J connectivity index is 1.34. The summed E-state index contributed by atoms with van der Waals surface area (Å²) in [7, 11) is 1.34. The quantitative estimate of drug-likeness (QED) is 0.716. The molecule has 2 amide bonds. The van der Waals surface area contributed by atoms with E-state index in [1.54, 1.807) is 41.3 Å². The van der Waals surface area contributed by atoms with Gasteiger partial charge in [-0.3, -0.25) is 9.59 Å². The maximum atomic E-state index is 12.8. The molecule has 2 heterocycles. The number of ether oxygens (including phenoxy) is 1. The molecule has 2 aliphatic rings. The van der Waals surface area contributed by atoms with Gasteiger partial charge in [0.1, 0.15) is 0 Å². The summed E-state index contributed by atoms with van der Waals surface area (Å²) in [6.45, 7) is 1.01. The van der Waals surface area contributed by atoms with Crippen molar-refractivity contribution in [1.29, 1.82) is 0 Å². The topological polar surface area (TPSA) is 87.7 Å². The molecule has 2 aromatic rings. The Labute approximate surface area is 179 Å². The number of hydrogen-bond acceptors (Lipinski definition) is 5. The first-order valence-corrected chi connectivity index (χ1v) is 10.1. The Hall–Kier alpha value is -2.90. The SMILES string of the molecule is COC(=O)c1ccc(CN2C[C@H]3NC(C(=O)Nc4cccc(Cl)c4)C[C@H]3C2=O)cc1. The van der Waals surface area contributed by atoms with Crippen LogP contribution in [0.1, 0.15) is 22.3 Å². The first-order chi connectivity index (χ1) is 14.4. The van der Waals surface area contributed by atoms with Crippen LogP contribution in [0.15, 0.2) is 48.5 Å².